The van der Waals surface area contributed by atoms with Gasteiger partial charge in [0.1, 0.15) is 0 Å². The van der Waals surface area contributed by atoms with Gasteiger partial charge < -0.3 is 10.2 Å². The Morgan fingerprint density at radius 3 is 2.24 bits per heavy atom. The van der Waals surface area contributed by atoms with Gasteiger partial charge in [-0.2, -0.15) is 0 Å². The van der Waals surface area contributed by atoms with E-state index in [-0.39, 0.29) is 23.5 Å². The number of carbonyl (C=O) groups is 4. The molecule has 1 atom stereocenters. The van der Waals surface area contributed by atoms with E-state index < -0.39 is 23.7 Å². The van der Waals surface area contributed by atoms with Crippen LogP contribution in [-0.4, -0.2) is 28.8 Å². The summed E-state index contributed by atoms with van der Waals surface area (Å²) < 4.78 is 0. The zero-order valence-electron chi connectivity index (χ0n) is 12.9. The highest BCUT2D eigenvalue weighted by Crippen LogP contribution is 2.33. The predicted molar refractivity (Wildman–Crippen MR) is 85.5 cm³/mol. The molecule has 7 heteroatoms. The summed E-state index contributed by atoms with van der Waals surface area (Å²) in [7, 11) is 0. The van der Waals surface area contributed by atoms with Crippen molar-refractivity contribution in [1.82, 2.24) is 5.06 Å². The van der Waals surface area contributed by atoms with Crippen LogP contribution in [0.5, 0.6) is 0 Å². The Hall–Kier alpha value is -3.48. The lowest BCUT2D eigenvalue weighted by molar-refractivity contribution is -0.171. The van der Waals surface area contributed by atoms with Gasteiger partial charge in [-0.15, -0.1) is 0 Å². The molecular formula is C18H12N2O5. The van der Waals surface area contributed by atoms with Crippen molar-refractivity contribution in [2.24, 2.45) is 0 Å². The van der Waals surface area contributed by atoms with Crippen molar-refractivity contribution in [3.63, 3.8) is 0 Å². The number of hydrogen-bond acceptors (Lipinski definition) is 5. The highest BCUT2D eigenvalue weighted by molar-refractivity contribution is 6.21. The molecule has 2 aliphatic rings. The monoisotopic (exact) mass is 336 g/mol. The molecule has 0 bridgehead atoms. The van der Waals surface area contributed by atoms with Gasteiger partial charge >= 0.3 is 5.97 Å². The number of imide groups is 1. The van der Waals surface area contributed by atoms with Crippen LogP contribution in [0.15, 0.2) is 48.5 Å². The lowest BCUT2D eigenvalue weighted by Crippen LogP contribution is -2.36. The van der Waals surface area contributed by atoms with Gasteiger partial charge in [0, 0.05) is 12.1 Å². The largest absolute Gasteiger partial charge is 0.341 e. The molecule has 2 aliphatic heterocycles. The van der Waals surface area contributed by atoms with Crippen molar-refractivity contribution in [1.29, 1.82) is 0 Å². The number of benzene rings is 2. The molecule has 0 saturated heterocycles. The maximum atomic E-state index is 12.6. The summed E-state index contributed by atoms with van der Waals surface area (Å²) >= 11 is 0. The van der Waals surface area contributed by atoms with Crippen LogP contribution in [0.2, 0.25) is 0 Å². The van der Waals surface area contributed by atoms with E-state index in [1.54, 1.807) is 36.4 Å². The van der Waals surface area contributed by atoms with Crippen molar-refractivity contribution < 1.29 is 24.0 Å². The quantitative estimate of drug-likeness (QED) is 0.845. The third-order valence-corrected chi connectivity index (χ3v) is 4.22. The minimum Gasteiger partial charge on any atom is -0.329 e. The van der Waals surface area contributed by atoms with Crippen molar-refractivity contribution in [3.05, 3.63) is 65.2 Å². The Morgan fingerprint density at radius 2 is 1.56 bits per heavy atom. The summed E-state index contributed by atoms with van der Waals surface area (Å²) in [5.41, 5.74) is 1.47. The SMILES string of the molecule is O=C1CC(C(=O)ON2C(=O)c3ccccc3C2=O)c2ccccc2N1. The second-order valence-corrected chi connectivity index (χ2v) is 5.75. The van der Waals surface area contributed by atoms with Crippen LogP contribution in [0.1, 0.15) is 38.6 Å². The standard InChI is InChI=1S/C18H12N2O5/c21-15-9-13(10-5-3-4-8-14(10)19-15)18(24)25-20-16(22)11-6-1-2-7-12(11)17(20)23/h1-8,13H,9H2,(H,19,21). The summed E-state index contributed by atoms with van der Waals surface area (Å²) in [6.45, 7) is 0. The fourth-order valence-corrected chi connectivity index (χ4v) is 3.03. The van der Waals surface area contributed by atoms with E-state index in [2.05, 4.69) is 5.32 Å². The van der Waals surface area contributed by atoms with Crippen LogP contribution in [0.25, 0.3) is 0 Å². The normalized spacial score (nSPS) is 18.5. The van der Waals surface area contributed by atoms with E-state index in [0.717, 1.165) is 0 Å². The molecule has 2 aromatic carbocycles. The van der Waals surface area contributed by atoms with Crippen LogP contribution in [0.4, 0.5) is 5.69 Å². The van der Waals surface area contributed by atoms with Gasteiger partial charge in [0.25, 0.3) is 11.8 Å². The number of hydrogen-bond donors (Lipinski definition) is 1. The van der Waals surface area contributed by atoms with E-state index >= 15 is 0 Å². The first-order chi connectivity index (χ1) is 12.1. The van der Waals surface area contributed by atoms with Gasteiger partial charge in [-0.25, -0.2) is 4.79 Å². The van der Waals surface area contributed by atoms with Gasteiger partial charge in [-0.1, -0.05) is 35.4 Å². The summed E-state index contributed by atoms with van der Waals surface area (Å²) in [5, 5.41) is 3.14. The molecule has 4 rings (SSSR count). The van der Waals surface area contributed by atoms with Gasteiger partial charge in [0.05, 0.1) is 17.0 Å². The molecule has 0 spiro atoms. The molecule has 0 radical (unpaired) electrons. The van der Waals surface area contributed by atoms with E-state index in [0.29, 0.717) is 16.3 Å². The van der Waals surface area contributed by atoms with Crippen LogP contribution in [0.3, 0.4) is 0 Å². The number of carbonyl (C=O) groups excluding carboxylic acids is 4. The molecule has 7 nitrogen and oxygen atoms in total. The highest BCUT2D eigenvalue weighted by Gasteiger charge is 2.41. The zero-order valence-corrected chi connectivity index (χ0v) is 12.9. The highest BCUT2D eigenvalue weighted by atomic mass is 16.7. The van der Waals surface area contributed by atoms with Gasteiger partial charge in [-0.05, 0) is 23.8 Å². The smallest absolute Gasteiger partial charge is 0.329 e. The second kappa shape index (κ2) is 5.55. The Labute approximate surface area is 142 Å². The third-order valence-electron chi connectivity index (χ3n) is 4.22. The van der Waals surface area contributed by atoms with Crippen molar-refractivity contribution in [2.45, 2.75) is 12.3 Å². The maximum Gasteiger partial charge on any atom is 0.341 e. The molecule has 0 saturated carbocycles. The van der Waals surface area contributed by atoms with Gasteiger partial charge in [-0.3, -0.25) is 14.4 Å². The molecule has 2 heterocycles. The molecule has 0 fully saturated rings. The topological polar surface area (TPSA) is 92.8 Å². The summed E-state index contributed by atoms with van der Waals surface area (Å²) in [6, 6.07) is 13.1. The second-order valence-electron chi connectivity index (χ2n) is 5.75. The third kappa shape index (κ3) is 2.37. The van der Waals surface area contributed by atoms with Crippen molar-refractivity contribution in [2.75, 3.05) is 5.32 Å². The number of nitrogens with one attached hydrogen (secondary N) is 1. The fourth-order valence-electron chi connectivity index (χ4n) is 3.03. The molecule has 1 unspecified atom stereocenters. The fraction of sp³-hybridized carbons (Fsp3) is 0.111. The Bertz CT molecular complexity index is 902. The van der Waals surface area contributed by atoms with Crippen LogP contribution in [-0.2, 0) is 14.4 Å². The molecular weight excluding hydrogens is 324 g/mol. The first-order valence-corrected chi connectivity index (χ1v) is 7.64. The number of anilines is 1. The van der Waals surface area contributed by atoms with Gasteiger partial charge in [0.2, 0.25) is 5.91 Å². The van der Waals surface area contributed by atoms with Gasteiger partial charge in [0.15, 0.2) is 0 Å². The van der Waals surface area contributed by atoms with E-state index in [1.807, 2.05) is 0 Å². The average molecular weight is 336 g/mol. The zero-order chi connectivity index (χ0) is 17.6. The first kappa shape index (κ1) is 15.1. The predicted octanol–water partition coefficient (Wildman–Crippen LogP) is 1.87. The van der Waals surface area contributed by atoms with Crippen molar-refractivity contribution in [3.8, 4) is 0 Å². The van der Waals surface area contributed by atoms with Crippen LogP contribution in [0, 0.1) is 0 Å². The van der Waals surface area contributed by atoms with Crippen LogP contribution < -0.4 is 5.32 Å². The molecule has 3 amide bonds. The minimum absolute atomic E-state index is 0.112. The Balaban J connectivity index is 1.61. The number of fused-ring (bicyclic) bond motifs is 2. The number of para-hydroxylation sites is 1. The Morgan fingerprint density at radius 1 is 0.960 bits per heavy atom. The molecule has 25 heavy (non-hydrogen) atoms. The lowest BCUT2D eigenvalue weighted by atomic mass is 9.91. The van der Waals surface area contributed by atoms with E-state index in [4.69, 9.17) is 4.84 Å². The Kier molecular flexibility index (Phi) is 3.35. The number of rotatable bonds is 2. The first-order valence-electron chi connectivity index (χ1n) is 7.64. The lowest BCUT2D eigenvalue weighted by Gasteiger charge is -2.25. The molecule has 0 aliphatic carbocycles. The molecule has 2 aromatic rings. The summed E-state index contributed by atoms with van der Waals surface area (Å²) in [5.74, 6) is -3.42. The summed E-state index contributed by atoms with van der Waals surface area (Å²) in [4.78, 5) is 54.0. The average Bonchev–Trinajstić information content (AvgIpc) is 2.86. The number of amides is 3. The number of nitrogens with zero attached hydrogens (tertiary/aromatic N) is 1. The summed E-state index contributed by atoms with van der Waals surface area (Å²) in [6.07, 6.45) is -0.112. The number of hydroxylamine groups is 2. The van der Waals surface area contributed by atoms with E-state index in [1.165, 1.54) is 12.1 Å². The van der Waals surface area contributed by atoms with Crippen molar-refractivity contribution >= 4 is 29.4 Å². The van der Waals surface area contributed by atoms with E-state index in [9.17, 15) is 19.2 Å². The molecule has 124 valence electrons. The maximum absolute atomic E-state index is 12.6. The molecule has 1 N–H and O–H groups in total. The van der Waals surface area contributed by atoms with Crippen LogP contribution >= 0.6 is 0 Å². The molecule has 0 aromatic heterocycles. The minimum atomic E-state index is -0.880.